The maximum atomic E-state index is 12.2. The summed E-state index contributed by atoms with van der Waals surface area (Å²) in [6.07, 6.45) is 0. The van der Waals surface area contributed by atoms with Crippen LogP contribution in [0.3, 0.4) is 0 Å². The minimum Gasteiger partial charge on any atom is -0.508 e. The van der Waals surface area contributed by atoms with Crippen molar-refractivity contribution < 1.29 is 9.90 Å². The maximum absolute atomic E-state index is 12.2. The molecule has 7 nitrogen and oxygen atoms in total. The molecule has 1 aromatic heterocycles. The van der Waals surface area contributed by atoms with E-state index in [2.05, 4.69) is 5.32 Å². The molecule has 36 heavy (non-hydrogen) atoms. The number of rotatable bonds is 6. The molecule has 5 N–H and O–H groups in total. The molecule has 0 aliphatic rings. The first-order chi connectivity index (χ1) is 17.4. The zero-order valence-electron chi connectivity index (χ0n) is 19.8. The number of hydrogen-bond acceptors (Lipinski definition) is 4. The summed E-state index contributed by atoms with van der Waals surface area (Å²) in [4.78, 5) is 12.2. The van der Waals surface area contributed by atoms with Crippen molar-refractivity contribution in [2.45, 2.75) is 19.5 Å². The van der Waals surface area contributed by atoms with Crippen LogP contribution in [0.2, 0.25) is 0 Å². The largest absolute Gasteiger partial charge is 0.508 e. The summed E-state index contributed by atoms with van der Waals surface area (Å²) in [5, 5.41) is 22.2. The summed E-state index contributed by atoms with van der Waals surface area (Å²) in [7, 11) is 0. The number of aromatic hydroxyl groups is 1. The highest BCUT2D eigenvalue weighted by atomic mass is 16.3. The Hall–Kier alpha value is -4.62. The summed E-state index contributed by atoms with van der Waals surface area (Å²) in [5.41, 5.74) is 11.9. The lowest BCUT2D eigenvalue weighted by atomic mass is 10.0. The van der Waals surface area contributed by atoms with Gasteiger partial charge in [-0.3, -0.25) is 14.8 Å². The molecule has 5 aromatic rings. The summed E-state index contributed by atoms with van der Waals surface area (Å²) < 4.78 is 3.78. The number of imidazole rings is 1. The van der Waals surface area contributed by atoms with E-state index < -0.39 is 6.04 Å². The van der Waals surface area contributed by atoms with Gasteiger partial charge in [0, 0.05) is 22.5 Å². The fourth-order valence-corrected chi connectivity index (χ4v) is 4.35. The summed E-state index contributed by atoms with van der Waals surface area (Å²) in [6, 6.07) is 29.9. The van der Waals surface area contributed by atoms with Crippen LogP contribution in [-0.4, -0.2) is 26.2 Å². The molecule has 1 heterocycles. The number of fused-ring (bicyclic) bond motifs is 1. The molecular weight excluding hydrogens is 450 g/mol. The van der Waals surface area contributed by atoms with E-state index in [0.29, 0.717) is 17.9 Å². The first kappa shape index (κ1) is 23.1. The van der Waals surface area contributed by atoms with Crippen LogP contribution < -0.4 is 16.7 Å². The number of benzene rings is 4. The second kappa shape index (κ2) is 9.56. The minimum absolute atomic E-state index is 0.209. The molecule has 0 unspecified atom stereocenters. The lowest BCUT2D eigenvalue weighted by Gasteiger charge is -2.13. The smallest absolute Gasteiger partial charge is 0.241 e. The molecular formula is C29H27N5O2. The number of carbonyl (C=O) groups excluding carboxylic acids is 1. The average Bonchev–Trinajstić information content (AvgIpc) is 3.17. The number of nitrogens with zero attached hydrogens (tertiary/aromatic N) is 2. The summed E-state index contributed by atoms with van der Waals surface area (Å²) in [6.45, 7) is 2.03. The van der Waals surface area contributed by atoms with Crippen molar-refractivity contribution in [2.75, 3.05) is 5.32 Å². The minimum atomic E-state index is -0.609. The molecule has 0 aliphatic heterocycles. The van der Waals surface area contributed by atoms with Crippen molar-refractivity contribution in [1.29, 1.82) is 5.41 Å². The number of phenols is 1. The highest BCUT2D eigenvalue weighted by molar-refractivity contribution is 5.98. The lowest BCUT2D eigenvalue weighted by molar-refractivity contribution is -0.117. The number of para-hydroxylation sites is 4. The molecule has 0 fully saturated rings. The number of nitrogens with one attached hydrogen (secondary N) is 2. The Morgan fingerprint density at radius 2 is 1.56 bits per heavy atom. The van der Waals surface area contributed by atoms with Crippen molar-refractivity contribution in [3.05, 3.63) is 108 Å². The van der Waals surface area contributed by atoms with E-state index >= 15 is 0 Å². The maximum Gasteiger partial charge on any atom is 0.241 e. The van der Waals surface area contributed by atoms with Crippen molar-refractivity contribution in [1.82, 2.24) is 9.13 Å². The quantitative estimate of drug-likeness (QED) is 0.287. The van der Waals surface area contributed by atoms with Gasteiger partial charge in [0.05, 0.1) is 23.6 Å². The van der Waals surface area contributed by atoms with Gasteiger partial charge in [-0.2, -0.15) is 0 Å². The van der Waals surface area contributed by atoms with E-state index in [-0.39, 0.29) is 11.7 Å². The van der Waals surface area contributed by atoms with Crippen LogP contribution in [-0.2, 0) is 11.3 Å². The number of amides is 1. The molecule has 0 aliphatic carbocycles. The molecule has 7 heteroatoms. The van der Waals surface area contributed by atoms with Gasteiger partial charge in [0.15, 0.2) is 0 Å². The van der Waals surface area contributed by atoms with Gasteiger partial charge in [0.1, 0.15) is 5.75 Å². The molecule has 0 radical (unpaired) electrons. The van der Waals surface area contributed by atoms with Gasteiger partial charge < -0.3 is 20.7 Å². The normalized spacial score (nSPS) is 11.9. The Morgan fingerprint density at radius 1 is 0.917 bits per heavy atom. The molecule has 1 amide bonds. The molecule has 1 atom stereocenters. The van der Waals surface area contributed by atoms with Crippen LogP contribution in [0.4, 0.5) is 5.69 Å². The van der Waals surface area contributed by atoms with Crippen LogP contribution in [0.1, 0.15) is 12.5 Å². The lowest BCUT2D eigenvalue weighted by Crippen LogP contribution is -2.32. The fraction of sp³-hybridized carbons (Fsp3) is 0.103. The van der Waals surface area contributed by atoms with Crippen LogP contribution in [0.25, 0.3) is 27.8 Å². The Kier molecular flexibility index (Phi) is 6.14. The van der Waals surface area contributed by atoms with E-state index in [9.17, 15) is 9.90 Å². The summed E-state index contributed by atoms with van der Waals surface area (Å²) in [5.74, 6) is -0.0360. The van der Waals surface area contributed by atoms with Crippen molar-refractivity contribution in [3.63, 3.8) is 0 Å². The monoisotopic (exact) mass is 477 g/mol. The number of nitrogens with two attached hydrogens (primary N) is 1. The average molecular weight is 478 g/mol. The third-order valence-electron chi connectivity index (χ3n) is 6.24. The number of phenolic OH excluding ortho intramolecular Hbond substituents is 1. The number of hydrogen-bond donors (Lipinski definition) is 4. The first-order valence-corrected chi connectivity index (χ1v) is 11.7. The second-order valence-corrected chi connectivity index (χ2v) is 8.73. The van der Waals surface area contributed by atoms with Crippen molar-refractivity contribution in [3.8, 4) is 22.6 Å². The zero-order chi connectivity index (χ0) is 25.2. The van der Waals surface area contributed by atoms with Gasteiger partial charge in [-0.05, 0) is 48.9 Å². The second-order valence-electron chi connectivity index (χ2n) is 8.73. The molecule has 180 valence electrons. The van der Waals surface area contributed by atoms with Gasteiger partial charge in [-0.15, -0.1) is 0 Å². The van der Waals surface area contributed by atoms with Crippen LogP contribution >= 0.6 is 0 Å². The summed E-state index contributed by atoms with van der Waals surface area (Å²) >= 11 is 0. The molecule has 5 rings (SSSR count). The predicted octanol–water partition coefficient (Wildman–Crippen LogP) is 4.62. The van der Waals surface area contributed by atoms with E-state index in [4.69, 9.17) is 11.1 Å². The zero-order valence-corrected chi connectivity index (χ0v) is 19.8. The van der Waals surface area contributed by atoms with E-state index in [1.165, 1.54) is 0 Å². The molecule has 0 saturated carbocycles. The van der Waals surface area contributed by atoms with E-state index in [0.717, 1.165) is 33.4 Å². The molecule has 0 bridgehead atoms. The highest BCUT2D eigenvalue weighted by Gasteiger charge is 2.15. The van der Waals surface area contributed by atoms with Gasteiger partial charge in [0.2, 0.25) is 11.5 Å². The SMILES string of the molecule is C[C@@H](N)C(=O)Nc1ccccc1-c1ccc(-n2c(=N)n(Cc3ccccc3O)c3ccccc32)cc1. The Bertz CT molecular complexity index is 1610. The number of anilines is 1. The standard InChI is InChI=1S/C29H27N5O2/c1-19(30)28(36)32-24-10-4-3-9-23(24)20-14-16-22(17-15-20)34-26-12-6-5-11-25(26)33(29(34)31)18-21-8-2-7-13-27(21)35/h2-17,19,31,35H,18,30H2,1H3,(H,32,36)/t19-/m1/s1. The van der Waals surface area contributed by atoms with Gasteiger partial charge in [-0.1, -0.05) is 60.7 Å². The molecule has 0 saturated heterocycles. The highest BCUT2D eigenvalue weighted by Crippen LogP contribution is 2.29. The van der Waals surface area contributed by atoms with Gasteiger partial charge in [0.25, 0.3) is 0 Å². The molecule has 0 spiro atoms. The van der Waals surface area contributed by atoms with Crippen molar-refractivity contribution in [2.24, 2.45) is 5.73 Å². The third-order valence-corrected chi connectivity index (χ3v) is 6.24. The Morgan fingerprint density at radius 3 is 2.28 bits per heavy atom. The van der Waals surface area contributed by atoms with Crippen molar-refractivity contribution >= 4 is 22.6 Å². The van der Waals surface area contributed by atoms with Crippen LogP contribution in [0, 0.1) is 5.41 Å². The first-order valence-electron chi connectivity index (χ1n) is 11.7. The number of carbonyl (C=O) groups is 1. The van der Waals surface area contributed by atoms with Gasteiger partial charge >= 0.3 is 0 Å². The van der Waals surface area contributed by atoms with Crippen LogP contribution in [0.15, 0.2) is 97.1 Å². The van der Waals surface area contributed by atoms with Gasteiger partial charge in [-0.25, -0.2) is 0 Å². The Balaban J connectivity index is 1.55. The fourth-order valence-electron chi connectivity index (χ4n) is 4.35. The van der Waals surface area contributed by atoms with E-state index in [1.807, 2.05) is 94.1 Å². The third kappa shape index (κ3) is 4.28. The predicted molar refractivity (Wildman–Crippen MR) is 142 cm³/mol. The van der Waals surface area contributed by atoms with Crippen LogP contribution in [0.5, 0.6) is 5.75 Å². The topological polar surface area (TPSA) is 109 Å². The number of aromatic nitrogens is 2. The Labute approximate surface area is 208 Å². The molecule has 4 aromatic carbocycles. The van der Waals surface area contributed by atoms with E-state index in [1.54, 1.807) is 19.1 Å².